The van der Waals surface area contributed by atoms with Crippen LogP contribution in [0.15, 0.2) is 24.8 Å². The topological polar surface area (TPSA) is 142 Å². The van der Waals surface area contributed by atoms with E-state index in [9.17, 15) is 28.8 Å². The molecule has 1 heterocycles. The molecule has 0 radical (unpaired) electrons. The van der Waals surface area contributed by atoms with Gasteiger partial charge in [-0.25, -0.2) is 0 Å². The molecule has 30 heavy (non-hydrogen) atoms. The Morgan fingerprint density at radius 1 is 1.07 bits per heavy atom. The van der Waals surface area contributed by atoms with Crippen molar-refractivity contribution in [1.29, 1.82) is 0 Å². The lowest BCUT2D eigenvalue weighted by Gasteiger charge is -2.17. The number of unbranched alkanes of at least 4 members (excludes halogenated alkanes) is 1. The average Bonchev–Trinajstić information content (AvgIpc) is 3.01. The highest BCUT2D eigenvalue weighted by molar-refractivity contribution is 7.40. The standard InChI is InChI=1S/C19H27N4O6P/c1-3-13(18(28)21-12(2)19(29)30)22-15(25)7-5-4-6-14(24)20-10-11-23-16(26)8-9-17(23)27/h3,8-9,12-13H,1,4-7,10-11,30H2,2H3,(H,20,24)(H,21,28)(H,22,25)/t12-,13-/m0/s1. The predicted octanol–water partition coefficient (Wildman–Crippen LogP) is -0.835. The summed E-state index contributed by atoms with van der Waals surface area (Å²) in [6.07, 6.45) is 4.81. The molecule has 3 N–H and O–H groups in total. The van der Waals surface area contributed by atoms with E-state index in [2.05, 4.69) is 22.5 Å². The van der Waals surface area contributed by atoms with E-state index < -0.39 is 29.8 Å². The van der Waals surface area contributed by atoms with Crippen molar-refractivity contribution in [3.63, 3.8) is 0 Å². The number of nitrogens with zero attached hydrogens (tertiary/aromatic N) is 1. The first-order valence-corrected chi connectivity index (χ1v) is 10.0. The van der Waals surface area contributed by atoms with Crippen LogP contribution >= 0.6 is 9.24 Å². The third kappa shape index (κ3) is 8.65. The van der Waals surface area contributed by atoms with Gasteiger partial charge in [0.25, 0.3) is 11.8 Å². The van der Waals surface area contributed by atoms with Crippen LogP contribution < -0.4 is 16.0 Å². The Labute approximate surface area is 177 Å². The Morgan fingerprint density at radius 2 is 1.63 bits per heavy atom. The highest BCUT2D eigenvalue weighted by Crippen LogP contribution is 2.03. The molecule has 0 saturated heterocycles. The highest BCUT2D eigenvalue weighted by Gasteiger charge is 2.23. The number of imide groups is 1. The number of hydrogen-bond donors (Lipinski definition) is 3. The first-order valence-electron chi connectivity index (χ1n) is 9.47. The Bertz CT molecular complexity index is 733. The molecule has 5 amide bonds. The third-order valence-corrected chi connectivity index (χ3v) is 4.74. The average molecular weight is 438 g/mol. The van der Waals surface area contributed by atoms with E-state index in [1.54, 1.807) is 0 Å². The molecule has 0 aromatic rings. The summed E-state index contributed by atoms with van der Waals surface area (Å²) < 4.78 is 0. The quantitative estimate of drug-likeness (QED) is 0.148. The summed E-state index contributed by atoms with van der Waals surface area (Å²) in [6.45, 7) is 5.29. The minimum Gasteiger partial charge on any atom is -0.354 e. The second-order valence-electron chi connectivity index (χ2n) is 6.63. The Morgan fingerprint density at radius 3 is 2.17 bits per heavy atom. The first-order chi connectivity index (χ1) is 14.1. The molecule has 3 atom stereocenters. The van der Waals surface area contributed by atoms with Crippen molar-refractivity contribution in [3.05, 3.63) is 24.8 Å². The molecule has 1 aliphatic heterocycles. The van der Waals surface area contributed by atoms with Crippen LogP contribution in [0.5, 0.6) is 0 Å². The monoisotopic (exact) mass is 438 g/mol. The van der Waals surface area contributed by atoms with Gasteiger partial charge in [0.15, 0.2) is 5.52 Å². The molecule has 0 aromatic heterocycles. The number of carbonyl (C=O) groups is 6. The zero-order valence-corrected chi connectivity index (χ0v) is 18.0. The van der Waals surface area contributed by atoms with Crippen LogP contribution in [0.2, 0.25) is 0 Å². The summed E-state index contributed by atoms with van der Waals surface area (Å²) in [5.74, 6) is -1.96. The Kier molecular flexibility index (Phi) is 10.6. The summed E-state index contributed by atoms with van der Waals surface area (Å²) in [5.41, 5.74) is -0.286. The van der Waals surface area contributed by atoms with Crippen molar-refractivity contribution < 1.29 is 28.8 Å². The molecule has 1 unspecified atom stereocenters. The first kappa shape index (κ1) is 25.2. The molecule has 164 valence electrons. The lowest BCUT2D eigenvalue weighted by Crippen LogP contribution is -2.49. The molecule has 1 rings (SSSR count). The molecule has 0 spiro atoms. The molecular weight excluding hydrogens is 411 g/mol. The molecule has 0 aromatic carbocycles. The molecule has 0 aliphatic carbocycles. The maximum absolute atomic E-state index is 12.0. The second-order valence-corrected chi connectivity index (χ2v) is 7.20. The molecule has 0 bridgehead atoms. The van der Waals surface area contributed by atoms with Crippen molar-refractivity contribution in [2.45, 2.75) is 44.7 Å². The number of rotatable bonds is 13. The summed E-state index contributed by atoms with van der Waals surface area (Å²) in [7, 11) is 1.97. The van der Waals surface area contributed by atoms with Crippen LogP contribution in [-0.4, -0.2) is 65.1 Å². The lowest BCUT2D eigenvalue weighted by molar-refractivity contribution is -0.137. The van der Waals surface area contributed by atoms with Crippen LogP contribution in [-0.2, 0) is 28.8 Å². The molecule has 0 fully saturated rings. The van der Waals surface area contributed by atoms with Crippen LogP contribution in [0.25, 0.3) is 0 Å². The van der Waals surface area contributed by atoms with Gasteiger partial charge in [-0.15, -0.1) is 6.58 Å². The second kappa shape index (κ2) is 12.6. The Hall–Kier alpha value is -2.87. The van der Waals surface area contributed by atoms with Gasteiger partial charge in [0.1, 0.15) is 6.04 Å². The minimum absolute atomic E-state index is 0.102. The molecule has 0 saturated carbocycles. The molecule has 11 heteroatoms. The number of nitrogens with one attached hydrogen (secondary N) is 3. The van der Waals surface area contributed by atoms with Gasteiger partial charge in [0.2, 0.25) is 17.7 Å². The Balaban J connectivity index is 2.20. The van der Waals surface area contributed by atoms with E-state index in [1.807, 2.05) is 9.24 Å². The smallest absolute Gasteiger partial charge is 0.253 e. The summed E-state index contributed by atoms with van der Waals surface area (Å²) in [5, 5.41) is 7.59. The fourth-order valence-corrected chi connectivity index (χ4v) is 2.55. The zero-order valence-electron chi connectivity index (χ0n) is 16.8. The van der Waals surface area contributed by atoms with E-state index in [-0.39, 0.29) is 43.3 Å². The van der Waals surface area contributed by atoms with Crippen LogP contribution in [0, 0.1) is 0 Å². The highest BCUT2D eigenvalue weighted by atomic mass is 31.0. The van der Waals surface area contributed by atoms with E-state index in [0.717, 1.165) is 4.90 Å². The summed E-state index contributed by atoms with van der Waals surface area (Å²) in [6, 6.07) is -1.66. The van der Waals surface area contributed by atoms with Gasteiger partial charge < -0.3 is 16.0 Å². The maximum atomic E-state index is 12.0. The van der Waals surface area contributed by atoms with Crippen molar-refractivity contribution >= 4 is 44.3 Å². The number of amides is 5. The molecular formula is C19H27N4O6P. The predicted molar refractivity (Wildman–Crippen MR) is 112 cm³/mol. The van der Waals surface area contributed by atoms with Crippen molar-refractivity contribution in [2.75, 3.05) is 13.1 Å². The third-order valence-electron chi connectivity index (χ3n) is 4.24. The van der Waals surface area contributed by atoms with Crippen LogP contribution in [0.3, 0.4) is 0 Å². The fourth-order valence-electron chi connectivity index (χ4n) is 2.47. The van der Waals surface area contributed by atoms with Gasteiger partial charge in [-0.3, -0.25) is 33.7 Å². The number of carbonyl (C=O) groups excluding carboxylic acids is 6. The van der Waals surface area contributed by atoms with E-state index in [4.69, 9.17) is 0 Å². The van der Waals surface area contributed by atoms with E-state index in [1.165, 1.54) is 25.2 Å². The van der Waals surface area contributed by atoms with Crippen molar-refractivity contribution in [1.82, 2.24) is 20.9 Å². The SMILES string of the molecule is C=C[C@H](NC(=O)CCCCC(=O)NCCN1C(=O)C=CC1=O)C(=O)N[C@@H](C)C(=O)P. The van der Waals surface area contributed by atoms with Crippen molar-refractivity contribution in [2.24, 2.45) is 0 Å². The number of hydrogen-bond acceptors (Lipinski definition) is 6. The fraction of sp³-hybridized carbons (Fsp3) is 0.474. The van der Waals surface area contributed by atoms with Crippen LogP contribution in [0.1, 0.15) is 32.6 Å². The normalized spacial score (nSPS) is 14.8. The van der Waals surface area contributed by atoms with Gasteiger partial charge in [0, 0.05) is 38.1 Å². The maximum Gasteiger partial charge on any atom is 0.253 e. The summed E-state index contributed by atoms with van der Waals surface area (Å²) >= 11 is 0. The largest absolute Gasteiger partial charge is 0.354 e. The van der Waals surface area contributed by atoms with Crippen molar-refractivity contribution in [3.8, 4) is 0 Å². The summed E-state index contributed by atoms with van der Waals surface area (Å²) in [4.78, 5) is 70.7. The van der Waals surface area contributed by atoms with Gasteiger partial charge in [-0.1, -0.05) is 15.3 Å². The van der Waals surface area contributed by atoms with E-state index in [0.29, 0.717) is 12.8 Å². The minimum atomic E-state index is -0.960. The molecule has 1 aliphatic rings. The molecule has 10 nitrogen and oxygen atoms in total. The lowest BCUT2D eigenvalue weighted by atomic mass is 10.1. The van der Waals surface area contributed by atoms with Gasteiger partial charge >= 0.3 is 0 Å². The van der Waals surface area contributed by atoms with Crippen LogP contribution in [0.4, 0.5) is 0 Å². The van der Waals surface area contributed by atoms with Gasteiger partial charge in [-0.05, 0) is 19.8 Å². The zero-order chi connectivity index (χ0) is 22.7. The van der Waals surface area contributed by atoms with E-state index >= 15 is 0 Å². The van der Waals surface area contributed by atoms with Gasteiger partial charge in [0.05, 0.1) is 6.04 Å². The van der Waals surface area contributed by atoms with Gasteiger partial charge in [-0.2, -0.15) is 0 Å².